The molecule has 2 aromatic carbocycles. The number of rotatable bonds is 9. The van der Waals surface area contributed by atoms with Crippen LogP contribution in [0.25, 0.3) is 10.9 Å². The first-order chi connectivity index (χ1) is 15.5. The van der Waals surface area contributed by atoms with E-state index in [4.69, 9.17) is 14.5 Å². The lowest BCUT2D eigenvalue weighted by Gasteiger charge is -2.18. The van der Waals surface area contributed by atoms with E-state index in [1.165, 1.54) is 0 Å². The summed E-state index contributed by atoms with van der Waals surface area (Å²) in [5.74, 6) is 2.80. The third-order valence-corrected chi connectivity index (χ3v) is 5.32. The first kappa shape index (κ1) is 21.8. The van der Waals surface area contributed by atoms with Gasteiger partial charge in [0.25, 0.3) is 0 Å². The molecular formula is C24H29N5O3. The fourth-order valence-corrected chi connectivity index (χ4v) is 3.59. The van der Waals surface area contributed by atoms with Crippen molar-refractivity contribution < 1.29 is 14.3 Å². The van der Waals surface area contributed by atoms with Crippen molar-refractivity contribution in [1.29, 1.82) is 0 Å². The van der Waals surface area contributed by atoms with Crippen molar-refractivity contribution in [2.45, 2.75) is 19.4 Å². The van der Waals surface area contributed by atoms with Gasteiger partial charge in [0.2, 0.25) is 12.7 Å². The number of carbonyl (C=O) groups is 1. The Balaban J connectivity index is 1.44. The van der Waals surface area contributed by atoms with Crippen molar-refractivity contribution in [3.05, 3.63) is 53.9 Å². The number of anilines is 1. The van der Waals surface area contributed by atoms with Gasteiger partial charge in [-0.15, -0.1) is 0 Å². The van der Waals surface area contributed by atoms with Crippen LogP contribution in [-0.4, -0.2) is 66.7 Å². The molecule has 0 fully saturated rings. The molecule has 0 spiro atoms. The minimum absolute atomic E-state index is 0.0129. The third kappa shape index (κ3) is 5.26. The number of ether oxygens (including phenoxy) is 2. The van der Waals surface area contributed by atoms with Gasteiger partial charge >= 0.3 is 0 Å². The quantitative estimate of drug-likeness (QED) is 0.518. The van der Waals surface area contributed by atoms with Gasteiger partial charge in [-0.3, -0.25) is 4.79 Å². The Morgan fingerprint density at radius 3 is 2.72 bits per heavy atom. The fourth-order valence-electron chi connectivity index (χ4n) is 3.59. The second-order valence-corrected chi connectivity index (χ2v) is 8.20. The van der Waals surface area contributed by atoms with E-state index in [2.05, 4.69) is 29.3 Å². The van der Waals surface area contributed by atoms with Crippen LogP contribution in [0.3, 0.4) is 0 Å². The molecule has 168 valence electrons. The lowest BCUT2D eigenvalue weighted by molar-refractivity contribution is -0.129. The smallest absolute Gasteiger partial charge is 0.231 e. The normalized spacial score (nSPS) is 12.4. The van der Waals surface area contributed by atoms with Crippen LogP contribution >= 0.6 is 0 Å². The first-order valence-electron chi connectivity index (χ1n) is 10.8. The number of fused-ring (bicyclic) bond motifs is 2. The van der Waals surface area contributed by atoms with Crippen LogP contribution < -0.4 is 14.8 Å². The maximum absolute atomic E-state index is 12.8. The monoisotopic (exact) mass is 435 g/mol. The van der Waals surface area contributed by atoms with Gasteiger partial charge in [0.05, 0.1) is 18.5 Å². The molecular weight excluding hydrogens is 406 g/mol. The van der Waals surface area contributed by atoms with Crippen molar-refractivity contribution >= 4 is 22.6 Å². The van der Waals surface area contributed by atoms with E-state index in [1.807, 2.05) is 42.5 Å². The van der Waals surface area contributed by atoms with Crippen LogP contribution in [0.2, 0.25) is 0 Å². The van der Waals surface area contributed by atoms with E-state index in [0.29, 0.717) is 23.9 Å². The Bertz CT molecular complexity index is 1100. The van der Waals surface area contributed by atoms with Crippen LogP contribution in [0.5, 0.6) is 11.5 Å². The molecule has 1 amide bonds. The summed E-state index contributed by atoms with van der Waals surface area (Å²) in [5.41, 5.74) is 1.75. The molecule has 0 bridgehead atoms. The number of amides is 1. The highest BCUT2D eigenvalue weighted by Gasteiger charge is 2.17. The van der Waals surface area contributed by atoms with E-state index in [9.17, 15) is 4.79 Å². The van der Waals surface area contributed by atoms with Gasteiger partial charge in [-0.25, -0.2) is 9.97 Å². The summed E-state index contributed by atoms with van der Waals surface area (Å²) in [4.78, 5) is 26.0. The molecule has 1 aliphatic heterocycles. The lowest BCUT2D eigenvalue weighted by atomic mass is 10.1. The van der Waals surface area contributed by atoms with Crippen molar-refractivity contribution in [2.24, 2.45) is 0 Å². The van der Waals surface area contributed by atoms with Crippen molar-refractivity contribution in [3.63, 3.8) is 0 Å². The number of para-hydroxylation sites is 1. The number of benzene rings is 2. The van der Waals surface area contributed by atoms with Gasteiger partial charge in [-0.05, 0) is 56.9 Å². The highest BCUT2D eigenvalue weighted by molar-refractivity contribution is 5.89. The number of nitrogens with one attached hydrogen (secondary N) is 1. The summed E-state index contributed by atoms with van der Waals surface area (Å²) < 4.78 is 10.7. The zero-order valence-electron chi connectivity index (χ0n) is 18.8. The summed E-state index contributed by atoms with van der Waals surface area (Å²) in [7, 11) is 5.90. The number of nitrogens with zero attached hydrogens (tertiary/aromatic N) is 4. The molecule has 3 aromatic rings. The molecule has 2 heterocycles. The van der Waals surface area contributed by atoms with Gasteiger partial charge in [-0.2, -0.15) is 0 Å². The predicted molar refractivity (Wildman–Crippen MR) is 124 cm³/mol. The molecule has 1 aliphatic rings. The molecule has 0 aliphatic carbocycles. The van der Waals surface area contributed by atoms with Crippen LogP contribution in [0.1, 0.15) is 17.8 Å². The van der Waals surface area contributed by atoms with Gasteiger partial charge in [0.15, 0.2) is 17.3 Å². The largest absolute Gasteiger partial charge is 0.454 e. The second kappa shape index (κ2) is 9.82. The van der Waals surface area contributed by atoms with E-state index < -0.39 is 0 Å². The number of carbonyl (C=O) groups excluding carboxylic acids is 1. The molecule has 8 nitrogen and oxygen atoms in total. The first-order valence-corrected chi connectivity index (χ1v) is 10.8. The molecule has 0 radical (unpaired) electrons. The summed E-state index contributed by atoms with van der Waals surface area (Å²) in [6.07, 6.45) is 1.28. The van der Waals surface area contributed by atoms with Gasteiger partial charge in [-0.1, -0.05) is 18.2 Å². The van der Waals surface area contributed by atoms with Gasteiger partial charge in [0.1, 0.15) is 5.82 Å². The molecule has 32 heavy (non-hydrogen) atoms. The Kier molecular flexibility index (Phi) is 6.70. The number of hydrogen-bond donors (Lipinski definition) is 1. The Morgan fingerprint density at radius 1 is 1.06 bits per heavy atom. The number of likely N-dealkylation sites (N-methyl/N-ethyl adjacent to an activating group) is 1. The average Bonchev–Trinajstić information content (AvgIpc) is 3.24. The van der Waals surface area contributed by atoms with Gasteiger partial charge < -0.3 is 24.6 Å². The standard InChI is InChI=1S/C24H29N5O3/c1-28(2)12-6-11-25-24-18-7-4-5-8-19(18)26-22(27-24)15-29(3)23(30)14-17-9-10-20-21(13-17)32-16-31-20/h4-5,7-10,13H,6,11-12,14-16H2,1-3H3,(H,25,26,27). The third-order valence-electron chi connectivity index (χ3n) is 5.32. The molecule has 8 heteroatoms. The summed E-state index contributed by atoms with van der Waals surface area (Å²) >= 11 is 0. The predicted octanol–water partition coefficient (Wildman–Crippen LogP) is 2.92. The Morgan fingerprint density at radius 2 is 1.88 bits per heavy atom. The Labute approximate surface area is 188 Å². The van der Waals surface area contributed by atoms with Crippen LogP contribution in [-0.2, 0) is 17.8 Å². The zero-order chi connectivity index (χ0) is 22.5. The maximum Gasteiger partial charge on any atom is 0.231 e. The maximum atomic E-state index is 12.8. The molecule has 0 atom stereocenters. The summed E-state index contributed by atoms with van der Waals surface area (Å²) in [5, 5.41) is 4.42. The molecule has 1 N–H and O–H groups in total. The second-order valence-electron chi connectivity index (χ2n) is 8.20. The van der Waals surface area contributed by atoms with E-state index >= 15 is 0 Å². The molecule has 4 rings (SSSR count). The molecule has 0 saturated carbocycles. The zero-order valence-corrected chi connectivity index (χ0v) is 18.8. The highest BCUT2D eigenvalue weighted by Crippen LogP contribution is 2.32. The highest BCUT2D eigenvalue weighted by atomic mass is 16.7. The Hall–Kier alpha value is -3.39. The lowest BCUT2D eigenvalue weighted by Crippen LogP contribution is -2.28. The van der Waals surface area contributed by atoms with Crippen LogP contribution in [0.4, 0.5) is 5.82 Å². The van der Waals surface area contributed by atoms with E-state index in [1.54, 1.807) is 11.9 Å². The van der Waals surface area contributed by atoms with Crippen LogP contribution in [0, 0.1) is 0 Å². The SMILES string of the molecule is CN(C)CCCNc1nc(CN(C)C(=O)Cc2ccc3c(c2)OCO3)nc2ccccc12. The van der Waals surface area contributed by atoms with Crippen LogP contribution in [0.15, 0.2) is 42.5 Å². The topological polar surface area (TPSA) is 79.8 Å². The molecule has 0 unspecified atom stereocenters. The van der Waals surface area contributed by atoms with E-state index in [-0.39, 0.29) is 19.1 Å². The van der Waals surface area contributed by atoms with Crippen molar-refractivity contribution in [3.8, 4) is 11.5 Å². The summed E-state index contributed by atoms with van der Waals surface area (Å²) in [6, 6.07) is 13.5. The number of aromatic nitrogens is 2. The fraction of sp³-hybridized carbons (Fsp3) is 0.375. The minimum Gasteiger partial charge on any atom is -0.454 e. The summed E-state index contributed by atoms with van der Waals surface area (Å²) in [6.45, 7) is 2.37. The molecule has 1 aromatic heterocycles. The van der Waals surface area contributed by atoms with E-state index in [0.717, 1.165) is 41.8 Å². The van der Waals surface area contributed by atoms with Gasteiger partial charge in [0, 0.05) is 19.0 Å². The number of hydrogen-bond acceptors (Lipinski definition) is 7. The van der Waals surface area contributed by atoms with Crippen molar-refractivity contribution in [2.75, 3.05) is 46.3 Å². The minimum atomic E-state index is -0.0129. The average molecular weight is 436 g/mol. The molecule has 0 saturated heterocycles. The van der Waals surface area contributed by atoms with Crippen molar-refractivity contribution in [1.82, 2.24) is 19.8 Å².